The molecule has 24 heavy (non-hydrogen) atoms. The van der Waals surface area contributed by atoms with Crippen LogP contribution in [0, 0.1) is 11.6 Å². The lowest BCUT2D eigenvalue weighted by atomic mass is 10.1. The molecule has 0 fully saturated rings. The molecule has 0 aromatic heterocycles. The third kappa shape index (κ3) is 6.55. The number of ether oxygens (including phenoxy) is 1. The second-order valence-electron chi connectivity index (χ2n) is 4.76. The Morgan fingerprint density at radius 3 is 2.62 bits per heavy atom. The third-order valence-electron chi connectivity index (χ3n) is 2.91. The number of benzene rings is 1. The molecule has 1 atom stereocenters. The number of halogens is 2. The summed E-state index contributed by atoms with van der Waals surface area (Å²) in [6.07, 6.45) is 1.74. The van der Waals surface area contributed by atoms with Crippen molar-refractivity contribution in [2.24, 2.45) is 0 Å². The van der Waals surface area contributed by atoms with Gasteiger partial charge in [0.25, 0.3) is 0 Å². The lowest BCUT2D eigenvalue weighted by Crippen LogP contribution is -2.41. The average molecular weight is 341 g/mol. The Hall–Kier alpha value is -2.77. The number of carbonyl (C=O) groups excluding carboxylic acids is 2. The van der Waals surface area contributed by atoms with Crippen LogP contribution in [0.15, 0.2) is 30.4 Å². The number of hydrogen-bond donors (Lipinski definition) is 2. The number of carboxylic acids is 1. The minimum absolute atomic E-state index is 0.0555. The number of carboxylic acid groups (broad SMARTS) is 1. The standard InChI is InChI=1S/C16H17F2NO5/c1-2-24-15(21)5-3-4-13(16(22)23)19-14(20)8-10-6-7-11(17)9-12(10)18/h3,5-7,9,13H,2,4,8H2,1H3,(H,19,20)(H,22,23)/b5-3+/t13-/m1/s1. The first-order valence-electron chi connectivity index (χ1n) is 7.12. The molecular formula is C16H17F2NO5. The molecule has 0 saturated heterocycles. The van der Waals surface area contributed by atoms with Crippen molar-refractivity contribution in [1.82, 2.24) is 5.32 Å². The lowest BCUT2D eigenvalue weighted by Gasteiger charge is -2.13. The van der Waals surface area contributed by atoms with E-state index in [-0.39, 0.29) is 18.6 Å². The summed E-state index contributed by atoms with van der Waals surface area (Å²) in [5.41, 5.74) is -0.0555. The smallest absolute Gasteiger partial charge is 0.330 e. The van der Waals surface area contributed by atoms with Gasteiger partial charge in [-0.3, -0.25) is 4.79 Å². The van der Waals surface area contributed by atoms with E-state index in [1.54, 1.807) is 6.92 Å². The van der Waals surface area contributed by atoms with Gasteiger partial charge < -0.3 is 15.2 Å². The van der Waals surface area contributed by atoms with Crippen molar-refractivity contribution >= 4 is 17.8 Å². The molecule has 1 rings (SSSR count). The Labute approximate surface area is 137 Å². The Balaban J connectivity index is 2.62. The largest absolute Gasteiger partial charge is 0.480 e. The Kier molecular flexibility index (Phi) is 7.54. The van der Waals surface area contributed by atoms with Crippen molar-refractivity contribution < 1.29 is 33.0 Å². The molecule has 0 radical (unpaired) electrons. The number of esters is 1. The zero-order chi connectivity index (χ0) is 18.1. The van der Waals surface area contributed by atoms with Crippen LogP contribution in [-0.2, 0) is 25.5 Å². The number of rotatable bonds is 8. The first kappa shape index (κ1) is 19.3. The van der Waals surface area contributed by atoms with Gasteiger partial charge in [0.05, 0.1) is 13.0 Å². The molecule has 8 heteroatoms. The molecule has 1 amide bonds. The molecule has 1 aromatic rings. The zero-order valence-electron chi connectivity index (χ0n) is 12.9. The van der Waals surface area contributed by atoms with Gasteiger partial charge in [-0.05, 0) is 25.0 Å². The molecule has 0 aliphatic heterocycles. The molecule has 130 valence electrons. The third-order valence-corrected chi connectivity index (χ3v) is 2.91. The predicted octanol–water partition coefficient (Wildman–Crippen LogP) is 1.59. The quantitative estimate of drug-likeness (QED) is 0.553. The topological polar surface area (TPSA) is 92.7 Å². The first-order chi connectivity index (χ1) is 11.3. The van der Waals surface area contributed by atoms with Crippen molar-refractivity contribution in [3.63, 3.8) is 0 Å². The van der Waals surface area contributed by atoms with E-state index in [4.69, 9.17) is 5.11 Å². The zero-order valence-corrected chi connectivity index (χ0v) is 12.9. The molecule has 0 saturated carbocycles. The van der Waals surface area contributed by atoms with E-state index in [9.17, 15) is 23.2 Å². The van der Waals surface area contributed by atoms with E-state index in [2.05, 4.69) is 10.1 Å². The van der Waals surface area contributed by atoms with Gasteiger partial charge >= 0.3 is 11.9 Å². The van der Waals surface area contributed by atoms with Gasteiger partial charge in [-0.1, -0.05) is 12.1 Å². The van der Waals surface area contributed by atoms with Crippen LogP contribution in [0.3, 0.4) is 0 Å². The fraction of sp³-hybridized carbons (Fsp3) is 0.312. The maximum Gasteiger partial charge on any atom is 0.330 e. The summed E-state index contributed by atoms with van der Waals surface area (Å²) >= 11 is 0. The highest BCUT2D eigenvalue weighted by Gasteiger charge is 2.19. The minimum atomic E-state index is -1.31. The predicted molar refractivity (Wildman–Crippen MR) is 80.0 cm³/mol. The van der Waals surface area contributed by atoms with Gasteiger partial charge in [-0.2, -0.15) is 0 Å². The summed E-state index contributed by atoms with van der Waals surface area (Å²) in [5.74, 6) is -4.33. The minimum Gasteiger partial charge on any atom is -0.480 e. The fourth-order valence-corrected chi connectivity index (χ4v) is 1.80. The monoisotopic (exact) mass is 341 g/mol. The Morgan fingerprint density at radius 2 is 2.04 bits per heavy atom. The van der Waals surface area contributed by atoms with Crippen LogP contribution < -0.4 is 5.32 Å². The number of nitrogens with one attached hydrogen (secondary N) is 1. The summed E-state index contributed by atoms with van der Waals surface area (Å²) in [6.45, 7) is 1.81. The molecule has 1 aromatic carbocycles. The van der Waals surface area contributed by atoms with E-state index in [0.29, 0.717) is 6.07 Å². The van der Waals surface area contributed by atoms with Crippen LogP contribution in [0.4, 0.5) is 8.78 Å². The number of amides is 1. The highest BCUT2D eigenvalue weighted by atomic mass is 19.1. The SMILES string of the molecule is CCOC(=O)/C=C/C[C@@H](NC(=O)Cc1ccc(F)cc1F)C(=O)O. The van der Waals surface area contributed by atoms with Crippen LogP contribution in [0.5, 0.6) is 0 Å². The number of aliphatic carboxylic acids is 1. The molecule has 0 aliphatic carbocycles. The first-order valence-corrected chi connectivity index (χ1v) is 7.12. The van der Waals surface area contributed by atoms with Crippen LogP contribution in [-0.4, -0.2) is 35.6 Å². The van der Waals surface area contributed by atoms with E-state index in [1.165, 1.54) is 6.08 Å². The highest BCUT2D eigenvalue weighted by Crippen LogP contribution is 2.10. The van der Waals surface area contributed by atoms with Gasteiger partial charge in [0.1, 0.15) is 17.7 Å². The van der Waals surface area contributed by atoms with Crippen molar-refractivity contribution in [1.29, 1.82) is 0 Å². The summed E-state index contributed by atoms with van der Waals surface area (Å²) < 4.78 is 30.9. The van der Waals surface area contributed by atoms with Crippen molar-refractivity contribution in [2.75, 3.05) is 6.61 Å². The summed E-state index contributed by atoms with van der Waals surface area (Å²) in [6, 6.07) is 1.47. The van der Waals surface area contributed by atoms with Crippen LogP contribution in [0.1, 0.15) is 18.9 Å². The molecule has 0 spiro atoms. The fourth-order valence-electron chi connectivity index (χ4n) is 1.80. The molecular weight excluding hydrogens is 324 g/mol. The van der Waals surface area contributed by atoms with E-state index >= 15 is 0 Å². The Bertz CT molecular complexity index is 645. The maximum atomic E-state index is 13.5. The molecule has 0 aliphatic rings. The van der Waals surface area contributed by atoms with Crippen molar-refractivity contribution in [2.45, 2.75) is 25.8 Å². The van der Waals surface area contributed by atoms with Crippen LogP contribution in [0.2, 0.25) is 0 Å². The van der Waals surface area contributed by atoms with Crippen molar-refractivity contribution in [3.05, 3.63) is 47.5 Å². The normalized spacial score (nSPS) is 12.0. The summed E-state index contributed by atoms with van der Waals surface area (Å²) in [5, 5.41) is 11.3. The highest BCUT2D eigenvalue weighted by molar-refractivity contribution is 5.85. The van der Waals surface area contributed by atoms with Crippen LogP contribution in [0.25, 0.3) is 0 Å². The van der Waals surface area contributed by atoms with Gasteiger partial charge in [0.2, 0.25) is 5.91 Å². The maximum absolute atomic E-state index is 13.5. The van der Waals surface area contributed by atoms with Gasteiger partial charge in [0, 0.05) is 12.1 Å². The summed E-state index contributed by atoms with van der Waals surface area (Å²) in [7, 11) is 0. The van der Waals surface area contributed by atoms with E-state index < -0.39 is 41.9 Å². The molecule has 0 heterocycles. The average Bonchev–Trinajstić information content (AvgIpc) is 2.49. The lowest BCUT2D eigenvalue weighted by molar-refractivity contribution is -0.141. The van der Waals surface area contributed by atoms with E-state index in [0.717, 1.165) is 18.2 Å². The van der Waals surface area contributed by atoms with E-state index in [1.807, 2.05) is 0 Å². The van der Waals surface area contributed by atoms with Crippen molar-refractivity contribution in [3.8, 4) is 0 Å². The number of carbonyl (C=O) groups is 3. The molecule has 2 N–H and O–H groups in total. The molecule has 0 unspecified atom stereocenters. The molecule has 0 bridgehead atoms. The second kappa shape index (κ2) is 9.39. The number of hydrogen-bond acceptors (Lipinski definition) is 4. The van der Waals surface area contributed by atoms with Gasteiger partial charge in [0.15, 0.2) is 0 Å². The van der Waals surface area contributed by atoms with Crippen LogP contribution >= 0.6 is 0 Å². The van der Waals surface area contributed by atoms with Gasteiger partial charge in [-0.25, -0.2) is 18.4 Å². The van der Waals surface area contributed by atoms with Gasteiger partial charge in [-0.15, -0.1) is 0 Å². The second-order valence-corrected chi connectivity index (χ2v) is 4.76. The Morgan fingerprint density at radius 1 is 1.33 bits per heavy atom. The molecule has 6 nitrogen and oxygen atoms in total. The summed E-state index contributed by atoms with van der Waals surface area (Å²) in [4.78, 5) is 34.0.